The quantitative estimate of drug-likeness (QED) is 0.725. The molecular formula is C13H10BBr. The van der Waals surface area contributed by atoms with Crippen molar-refractivity contribution < 1.29 is 0 Å². The first kappa shape index (κ1) is 10.4. The van der Waals surface area contributed by atoms with E-state index in [-0.39, 0.29) is 0 Å². The van der Waals surface area contributed by atoms with Gasteiger partial charge in [-0.3, -0.25) is 0 Å². The summed E-state index contributed by atoms with van der Waals surface area (Å²) in [5, 5.41) is 0. The molecule has 0 aromatic heterocycles. The first-order valence-electron chi connectivity index (χ1n) is 4.78. The van der Waals surface area contributed by atoms with Crippen molar-refractivity contribution in [2.75, 3.05) is 0 Å². The molecule has 0 bridgehead atoms. The molecule has 0 atom stereocenters. The minimum absolute atomic E-state index is 1.11. The molecule has 0 aliphatic heterocycles. The molecule has 0 unspecified atom stereocenters. The van der Waals surface area contributed by atoms with Crippen molar-refractivity contribution >= 4 is 34.8 Å². The molecule has 2 aromatic carbocycles. The van der Waals surface area contributed by atoms with E-state index in [9.17, 15) is 0 Å². The van der Waals surface area contributed by atoms with Crippen LogP contribution in [0.4, 0.5) is 0 Å². The van der Waals surface area contributed by atoms with E-state index in [0.29, 0.717) is 0 Å². The van der Waals surface area contributed by atoms with Gasteiger partial charge in [0.1, 0.15) is 0 Å². The summed E-state index contributed by atoms with van der Waals surface area (Å²) in [5.41, 5.74) is 3.61. The van der Waals surface area contributed by atoms with E-state index < -0.39 is 0 Å². The zero-order chi connectivity index (χ0) is 10.7. The van der Waals surface area contributed by atoms with Crippen molar-refractivity contribution in [3.63, 3.8) is 0 Å². The maximum atomic E-state index is 3.74. The topological polar surface area (TPSA) is 0 Å². The molecule has 2 heteroatoms. The second-order valence-electron chi connectivity index (χ2n) is 3.33. The molecule has 2 aromatic rings. The van der Waals surface area contributed by atoms with E-state index in [1.165, 1.54) is 11.1 Å². The van der Waals surface area contributed by atoms with Crippen molar-refractivity contribution in [3.8, 4) is 11.1 Å². The second kappa shape index (κ2) is 4.58. The van der Waals surface area contributed by atoms with Crippen LogP contribution in [0.25, 0.3) is 11.1 Å². The Hall–Kier alpha value is -1.15. The molecule has 0 heterocycles. The summed E-state index contributed by atoms with van der Waals surface area (Å²) in [5.74, 6) is 0. The van der Waals surface area contributed by atoms with Gasteiger partial charge in [0.2, 0.25) is 0 Å². The molecule has 2 rings (SSSR count). The molecule has 0 fully saturated rings. The fourth-order valence-electron chi connectivity index (χ4n) is 1.45. The van der Waals surface area contributed by atoms with Gasteiger partial charge in [-0.25, -0.2) is 0 Å². The van der Waals surface area contributed by atoms with E-state index in [1.807, 2.05) is 6.92 Å². The van der Waals surface area contributed by atoms with Crippen molar-refractivity contribution in [2.24, 2.45) is 0 Å². The summed E-state index contributed by atoms with van der Waals surface area (Å²) >= 11 is 3.43. The fraction of sp³-hybridized carbons (Fsp3) is 0. The Bertz CT molecular complexity index is 457. The van der Waals surface area contributed by atoms with Crippen LogP contribution in [0.1, 0.15) is 0 Å². The SMILES string of the molecule is C=Bc1ccc(-c2ccc(Br)cc2)cc1. The van der Waals surface area contributed by atoms with Gasteiger partial charge in [0, 0.05) is 0 Å². The molecule has 15 heavy (non-hydrogen) atoms. The number of hydrogen-bond acceptors (Lipinski definition) is 0. The Morgan fingerprint density at radius 3 is 1.73 bits per heavy atom. The summed E-state index contributed by atoms with van der Waals surface area (Å²) in [6.45, 7) is 5.59. The first-order valence-corrected chi connectivity index (χ1v) is 5.57. The third-order valence-electron chi connectivity index (χ3n) is 2.32. The van der Waals surface area contributed by atoms with Crippen LogP contribution < -0.4 is 5.46 Å². The molecule has 0 aliphatic rings. The van der Waals surface area contributed by atoms with Gasteiger partial charge in [-0.15, -0.1) is 0 Å². The van der Waals surface area contributed by atoms with Gasteiger partial charge in [0.05, 0.1) is 0 Å². The molecule has 72 valence electrons. The predicted octanol–water partition coefficient (Wildman–Crippen LogP) is 2.88. The van der Waals surface area contributed by atoms with Crippen molar-refractivity contribution in [2.45, 2.75) is 0 Å². The average molecular weight is 257 g/mol. The van der Waals surface area contributed by atoms with Crippen LogP contribution in [-0.4, -0.2) is 13.4 Å². The van der Waals surface area contributed by atoms with Crippen LogP contribution >= 0.6 is 15.9 Å². The van der Waals surface area contributed by atoms with Crippen LogP contribution in [0.2, 0.25) is 0 Å². The summed E-state index contributed by atoms with van der Waals surface area (Å²) < 4.78 is 1.11. The summed E-state index contributed by atoms with van der Waals surface area (Å²) in [6.07, 6.45) is 0. The molecule has 0 saturated heterocycles. The van der Waals surface area contributed by atoms with Gasteiger partial charge >= 0.3 is 98.9 Å². The van der Waals surface area contributed by atoms with Crippen molar-refractivity contribution in [1.29, 1.82) is 0 Å². The predicted molar refractivity (Wildman–Crippen MR) is 72.1 cm³/mol. The average Bonchev–Trinajstić information content (AvgIpc) is 2.30. The first-order chi connectivity index (χ1) is 7.29. The molecule has 0 N–H and O–H groups in total. The third-order valence-corrected chi connectivity index (χ3v) is 2.85. The van der Waals surface area contributed by atoms with Gasteiger partial charge in [0.15, 0.2) is 0 Å². The van der Waals surface area contributed by atoms with Crippen LogP contribution in [0.15, 0.2) is 53.0 Å². The van der Waals surface area contributed by atoms with Gasteiger partial charge in [-0.1, -0.05) is 0 Å². The Morgan fingerprint density at radius 1 is 0.800 bits per heavy atom. The maximum absolute atomic E-state index is 3.74. The van der Waals surface area contributed by atoms with Gasteiger partial charge in [0.25, 0.3) is 0 Å². The molecule has 0 radical (unpaired) electrons. The van der Waals surface area contributed by atoms with E-state index in [2.05, 4.69) is 70.9 Å². The Morgan fingerprint density at radius 2 is 1.27 bits per heavy atom. The summed E-state index contributed by atoms with van der Waals surface area (Å²) in [6, 6.07) is 16.7. The van der Waals surface area contributed by atoms with Gasteiger partial charge in [-0.2, -0.15) is 0 Å². The van der Waals surface area contributed by atoms with E-state index in [1.54, 1.807) is 0 Å². The standard InChI is InChI=1S/C13H10BBr/c1-14-12-6-2-10(3-7-12)11-4-8-13(15)9-5-11/h2-9H,1H2. The summed E-state index contributed by atoms with van der Waals surface area (Å²) in [4.78, 5) is 0. The number of rotatable bonds is 2. The number of halogens is 1. The Balaban J connectivity index is 2.37. The van der Waals surface area contributed by atoms with Crippen LogP contribution in [0, 0.1) is 0 Å². The third kappa shape index (κ3) is 2.45. The molecule has 0 spiro atoms. The van der Waals surface area contributed by atoms with Crippen molar-refractivity contribution in [1.82, 2.24) is 0 Å². The van der Waals surface area contributed by atoms with Crippen molar-refractivity contribution in [3.05, 3.63) is 53.0 Å². The number of hydrogen-bond donors (Lipinski definition) is 0. The van der Waals surface area contributed by atoms with Crippen LogP contribution in [0.3, 0.4) is 0 Å². The Labute approximate surface area is 99.0 Å². The zero-order valence-electron chi connectivity index (χ0n) is 8.28. The number of benzene rings is 2. The van der Waals surface area contributed by atoms with Gasteiger partial charge in [-0.05, 0) is 0 Å². The van der Waals surface area contributed by atoms with Gasteiger partial charge < -0.3 is 0 Å². The molecular weight excluding hydrogens is 247 g/mol. The minimum atomic E-state index is 1.11. The van der Waals surface area contributed by atoms with E-state index in [0.717, 1.165) is 9.94 Å². The molecule has 0 saturated carbocycles. The fourth-order valence-corrected chi connectivity index (χ4v) is 1.72. The molecule has 0 aliphatic carbocycles. The van der Waals surface area contributed by atoms with Crippen LogP contribution in [0.5, 0.6) is 0 Å². The second-order valence-corrected chi connectivity index (χ2v) is 4.25. The monoisotopic (exact) mass is 256 g/mol. The van der Waals surface area contributed by atoms with E-state index >= 15 is 0 Å². The molecule has 0 amide bonds. The Kier molecular flexibility index (Phi) is 3.17. The molecule has 0 nitrogen and oxygen atoms in total. The summed E-state index contributed by atoms with van der Waals surface area (Å²) in [7, 11) is 0. The zero-order valence-corrected chi connectivity index (χ0v) is 9.87. The van der Waals surface area contributed by atoms with Crippen LogP contribution in [-0.2, 0) is 0 Å². The normalized spacial score (nSPS) is 9.67. The van der Waals surface area contributed by atoms with E-state index in [4.69, 9.17) is 0 Å².